The Hall–Kier alpha value is -5.11. The van der Waals surface area contributed by atoms with Gasteiger partial charge in [-0.1, -0.05) is 115 Å². The normalized spacial score (nSPS) is 12.5. The molecule has 0 atom stereocenters. The lowest BCUT2D eigenvalue weighted by molar-refractivity contribution is 1.32. The largest absolute Gasteiger partial charge is 0.143 e. The maximum Gasteiger partial charge on any atom is 0.0125 e. The van der Waals surface area contributed by atoms with Gasteiger partial charge in [-0.15, -0.1) is 12.6 Å². The van der Waals surface area contributed by atoms with E-state index in [1.807, 2.05) is 0 Å². The Labute approximate surface area is 262 Å². The molecule has 8 aromatic carbocycles. The van der Waals surface area contributed by atoms with Crippen LogP contribution in [0.2, 0.25) is 0 Å². The summed E-state index contributed by atoms with van der Waals surface area (Å²) in [4.78, 5) is 1.03. The van der Waals surface area contributed by atoms with Crippen molar-refractivity contribution in [2.75, 3.05) is 0 Å². The molecule has 0 amide bonds. The van der Waals surface area contributed by atoms with Gasteiger partial charge in [-0.05, 0) is 125 Å². The van der Waals surface area contributed by atoms with Crippen LogP contribution < -0.4 is 0 Å². The Bertz CT molecular complexity index is 2480. The minimum absolute atomic E-state index is 0.971. The fourth-order valence-electron chi connectivity index (χ4n) is 7.11. The maximum atomic E-state index is 4.87. The van der Waals surface area contributed by atoms with Crippen LogP contribution in [0.15, 0.2) is 150 Å². The molecule has 0 spiro atoms. The molecule has 1 heteroatoms. The molecule has 0 N–H and O–H groups in total. The molecule has 44 heavy (non-hydrogen) atoms. The van der Waals surface area contributed by atoms with Crippen molar-refractivity contribution < 1.29 is 0 Å². The van der Waals surface area contributed by atoms with Gasteiger partial charge < -0.3 is 0 Å². The Balaban J connectivity index is 1.15. The molecule has 0 unspecified atom stereocenters. The molecule has 0 bridgehead atoms. The minimum atomic E-state index is 0.971. The van der Waals surface area contributed by atoms with Crippen molar-refractivity contribution in [3.63, 3.8) is 0 Å². The van der Waals surface area contributed by atoms with E-state index in [-0.39, 0.29) is 0 Å². The highest BCUT2D eigenvalue weighted by Gasteiger charge is 2.18. The molecule has 0 heterocycles. The Morgan fingerprint density at radius 3 is 1.82 bits per heavy atom. The molecule has 1 aliphatic carbocycles. The van der Waals surface area contributed by atoms with E-state index < -0.39 is 0 Å². The smallest absolute Gasteiger partial charge is 0.0125 e. The third-order valence-electron chi connectivity index (χ3n) is 9.30. The first kappa shape index (κ1) is 25.4. The van der Waals surface area contributed by atoms with E-state index in [1.165, 1.54) is 87.6 Å². The van der Waals surface area contributed by atoms with Crippen LogP contribution in [0, 0.1) is 0 Å². The standard InChI is InChI=1S/C43H28S/c44-41-13-5-8-28-20-21-39-40(43(28)41)26-36-11-4-12-38(36)42(39)37-19-18-34-24-33(16-17-35(34)25-37)31-10-3-9-30(23-31)32-15-14-27-6-1-2-7-29(27)22-32/h1-10,12-26,44H,11H2. The molecular weight excluding hydrogens is 549 g/mol. The van der Waals surface area contributed by atoms with Crippen molar-refractivity contribution in [2.24, 2.45) is 0 Å². The zero-order chi connectivity index (χ0) is 29.2. The van der Waals surface area contributed by atoms with Crippen molar-refractivity contribution >= 4 is 61.8 Å². The minimum Gasteiger partial charge on any atom is -0.143 e. The predicted molar refractivity (Wildman–Crippen MR) is 193 cm³/mol. The average molecular weight is 577 g/mol. The number of benzene rings is 8. The highest BCUT2D eigenvalue weighted by molar-refractivity contribution is 7.80. The molecule has 0 nitrogen and oxygen atoms in total. The Morgan fingerprint density at radius 1 is 0.432 bits per heavy atom. The van der Waals surface area contributed by atoms with Crippen LogP contribution in [-0.4, -0.2) is 0 Å². The molecule has 8 aromatic rings. The molecule has 0 radical (unpaired) electrons. The van der Waals surface area contributed by atoms with Crippen LogP contribution in [0.3, 0.4) is 0 Å². The molecular formula is C43H28S. The summed E-state index contributed by atoms with van der Waals surface area (Å²) >= 11 is 4.87. The molecule has 0 aliphatic heterocycles. The van der Waals surface area contributed by atoms with E-state index in [0.717, 1.165) is 11.3 Å². The molecule has 0 aromatic heterocycles. The van der Waals surface area contributed by atoms with Gasteiger partial charge in [-0.25, -0.2) is 0 Å². The van der Waals surface area contributed by atoms with Crippen LogP contribution in [-0.2, 0) is 6.42 Å². The second kappa shape index (κ2) is 9.98. The number of rotatable bonds is 3. The van der Waals surface area contributed by atoms with Gasteiger partial charge in [0.15, 0.2) is 0 Å². The maximum absolute atomic E-state index is 4.87. The van der Waals surface area contributed by atoms with E-state index in [1.54, 1.807) is 0 Å². The monoisotopic (exact) mass is 576 g/mol. The summed E-state index contributed by atoms with van der Waals surface area (Å²) in [6.45, 7) is 0. The van der Waals surface area contributed by atoms with E-state index in [2.05, 4.69) is 152 Å². The topological polar surface area (TPSA) is 0 Å². The quantitative estimate of drug-likeness (QED) is 0.157. The Morgan fingerprint density at radius 2 is 1.02 bits per heavy atom. The zero-order valence-electron chi connectivity index (χ0n) is 24.1. The Kier molecular flexibility index (Phi) is 5.76. The number of hydrogen-bond donors (Lipinski definition) is 1. The van der Waals surface area contributed by atoms with Gasteiger partial charge >= 0.3 is 0 Å². The van der Waals surface area contributed by atoms with Gasteiger partial charge in [0.25, 0.3) is 0 Å². The van der Waals surface area contributed by atoms with Gasteiger partial charge in [-0.3, -0.25) is 0 Å². The first-order valence-corrected chi connectivity index (χ1v) is 15.6. The summed E-state index contributed by atoms with van der Waals surface area (Å²) in [5, 5.41) is 10.1. The molecule has 0 saturated carbocycles. The molecule has 9 rings (SSSR count). The van der Waals surface area contributed by atoms with Crippen molar-refractivity contribution in [2.45, 2.75) is 11.3 Å². The molecule has 206 valence electrons. The zero-order valence-corrected chi connectivity index (χ0v) is 25.0. The van der Waals surface area contributed by atoms with Gasteiger partial charge in [0, 0.05) is 10.3 Å². The van der Waals surface area contributed by atoms with E-state index >= 15 is 0 Å². The van der Waals surface area contributed by atoms with Crippen molar-refractivity contribution in [3.8, 4) is 33.4 Å². The van der Waals surface area contributed by atoms with E-state index in [0.29, 0.717) is 0 Å². The van der Waals surface area contributed by atoms with E-state index in [4.69, 9.17) is 12.6 Å². The number of fused-ring (bicyclic) bond motifs is 6. The lowest BCUT2D eigenvalue weighted by atomic mass is 9.88. The summed E-state index contributed by atoms with van der Waals surface area (Å²) in [5.74, 6) is 0. The van der Waals surface area contributed by atoms with Gasteiger partial charge in [0.05, 0.1) is 0 Å². The highest BCUT2D eigenvalue weighted by Crippen LogP contribution is 2.43. The van der Waals surface area contributed by atoms with Crippen LogP contribution in [0.1, 0.15) is 11.1 Å². The second-order valence-electron chi connectivity index (χ2n) is 11.9. The molecule has 0 fully saturated rings. The third kappa shape index (κ3) is 4.08. The number of allylic oxidation sites excluding steroid dienone is 1. The van der Waals surface area contributed by atoms with E-state index in [9.17, 15) is 0 Å². The van der Waals surface area contributed by atoms with Crippen molar-refractivity contribution in [1.29, 1.82) is 0 Å². The lowest BCUT2D eigenvalue weighted by Crippen LogP contribution is -1.92. The fraction of sp³-hybridized carbons (Fsp3) is 0.0233. The average Bonchev–Trinajstić information content (AvgIpc) is 3.55. The van der Waals surface area contributed by atoms with Gasteiger partial charge in [0.1, 0.15) is 0 Å². The summed E-state index contributed by atoms with van der Waals surface area (Å²) in [5.41, 5.74) is 10.2. The van der Waals surface area contributed by atoms with Gasteiger partial charge in [-0.2, -0.15) is 0 Å². The first-order valence-electron chi connectivity index (χ1n) is 15.2. The van der Waals surface area contributed by atoms with Gasteiger partial charge in [0.2, 0.25) is 0 Å². The second-order valence-corrected chi connectivity index (χ2v) is 12.4. The molecule has 1 aliphatic rings. The van der Waals surface area contributed by atoms with Crippen molar-refractivity contribution in [3.05, 3.63) is 157 Å². The summed E-state index contributed by atoms with van der Waals surface area (Å²) in [7, 11) is 0. The SMILES string of the molecule is Sc1cccc2ccc3c(-c4ccc5cc(-c6cccc(-c7ccc8ccccc8c7)c6)ccc5c4)c4c(cc3c12)CC=C4. The van der Waals surface area contributed by atoms with Crippen LogP contribution >= 0.6 is 12.6 Å². The first-order chi connectivity index (χ1) is 21.7. The fourth-order valence-corrected chi connectivity index (χ4v) is 7.45. The predicted octanol–water partition coefficient (Wildman–Crippen LogP) is 12.2. The third-order valence-corrected chi connectivity index (χ3v) is 9.67. The summed E-state index contributed by atoms with van der Waals surface area (Å²) in [6.07, 6.45) is 5.56. The number of hydrogen-bond acceptors (Lipinski definition) is 1. The summed E-state index contributed by atoms with van der Waals surface area (Å²) in [6, 6.07) is 51.3. The highest BCUT2D eigenvalue weighted by atomic mass is 32.1. The molecule has 0 saturated heterocycles. The lowest BCUT2D eigenvalue weighted by Gasteiger charge is -2.16. The van der Waals surface area contributed by atoms with Crippen LogP contribution in [0.4, 0.5) is 0 Å². The summed E-state index contributed by atoms with van der Waals surface area (Å²) < 4.78 is 0. The number of thiol groups is 1. The van der Waals surface area contributed by atoms with Crippen molar-refractivity contribution in [1.82, 2.24) is 0 Å². The van der Waals surface area contributed by atoms with Crippen LogP contribution in [0.5, 0.6) is 0 Å². The van der Waals surface area contributed by atoms with Crippen LogP contribution in [0.25, 0.3) is 82.5 Å².